The third-order valence-electron chi connectivity index (χ3n) is 5.38. The maximum absolute atomic E-state index is 11.2. The summed E-state index contributed by atoms with van der Waals surface area (Å²) in [5.41, 5.74) is -1.31. The van der Waals surface area contributed by atoms with Gasteiger partial charge in [-0.3, -0.25) is 0 Å². The molecule has 186 valence electrons. The van der Waals surface area contributed by atoms with Crippen molar-refractivity contribution in [3.8, 4) is 17.5 Å². The highest BCUT2D eigenvalue weighted by atomic mass is 16.5. The smallest absolute Gasteiger partial charge is 0.347 e. The molecule has 0 aliphatic carbocycles. The van der Waals surface area contributed by atoms with Crippen molar-refractivity contribution in [1.29, 1.82) is 0 Å². The van der Waals surface area contributed by atoms with Crippen LogP contribution in [0, 0.1) is 5.92 Å². The van der Waals surface area contributed by atoms with Crippen molar-refractivity contribution >= 4 is 17.9 Å². The molecule has 0 radical (unpaired) electrons. The molecule has 1 aromatic heterocycles. The highest BCUT2D eigenvalue weighted by Gasteiger charge is 2.29. The number of ether oxygens (including phenoxy) is 3. The SMILES string of the molecule is CC1CCN(c2nc(NC(C)C)nc(OCCOc3ccc(OC(C)(C)C(=O)O)cc3)n2)CC1. The number of carboxylic acids is 1. The lowest BCUT2D eigenvalue weighted by atomic mass is 10.00. The number of nitrogens with zero attached hydrogens (tertiary/aromatic N) is 4. The van der Waals surface area contributed by atoms with Gasteiger partial charge >= 0.3 is 12.0 Å². The minimum absolute atomic E-state index is 0.181. The third kappa shape index (κ3) is 7.36. The van der Waals surface area contributed by atoms with Crippen LogP contribution in [-0.4, -0.2) is 64.0 Å². The van der Waals surface area contributed by atoms with Gasteiger partial charge in [-0.1, -0.05) is 6.92 Å². The van der Waals surface area contributed by atoms with Crippen molar-refractivity contribution in [2.24, 2.45) is 5.92 Å². The second-order valence-corrected chi connectivity index (χ2v) is 9.30. The summed E-state index contributed by atoms with van der Waals surface area (Å²) >= 11 is 0. The summed E-state index contributed by atoms with van der Waals surface area (Å²) in [7, 11) is 0. The highest BCUT2D eigenvalue weighted by molar-refractivity contribution is 5.76. The molecule has 10 heteroatoms. The number of aliphatic carboxylic acids is 1. The molecule has 2 N–H and O–H groups in total. The predicted molar refractivity (Wildman–Crippen MR) is 129 cm³/mol. The minimum Gasteiger partial charge on any atom is -0.490 e. The van der Waals surface area contributed by atoms with Gasteiger partial charge in [0.2, 0.25) is 11.9 Å². The summed E-state index contributed by atoms with van der Waals surface area (Å²) in [6, 6.07) is 7.22. The Labute approximate surface area is 200 Å². The van der Waals surface area contributed by atoms with E-state index in [9.17, 15) is 9.90 Å². The van der Waals surface area contributed by atoms with Crippen molar-refractivity contribution in [2.45, 2.75) is 59.1 Å². The van der Waals surface area contributed by atoms with E-state index in [4.69, 9.17) is 14.2 Å². The lowest BCUT2D eigenvalue weighted by molar-refractivity contribution is -0.152. The molecule has 1 aliphatic heterocycles. The van der Waals surface area contributed by atoms with Crippen LogP contribution in [0.4, 0.5) is 11.9 Å². The van der Waals surface area contributed by atoms with Crippen molar-refractivity contribution in [3.63, 3.8) is 0 Å². The standard InChI is InChI=1S/C24H35N5O5/c1-16(2)25-21-26-22(29-12-10-17(3)11-13-29)28-23(27-21)33-15-14-32-18-6-8-19(9-7-18)34-24(4,5)20(30)31/h6-9,16-17H,10-15H2,1-5H3,(H,30,31)(H,25,26,27,28). The largest absolute Gasteiger partial charge is 0.490 e. The maximum Gasteiger partial charge on any atom is 0.347 e. The summed E-state index contributed by atoms with van der Waals surface area (Å²) < 4.78 is 17.0. The predicted octanol–water partition coefficient (Wildman–Crippen LogP) is 3.63. The van der Waals surface area contributed by atoms with Crippen LogP contribution < -0.4 is 24.4 Å². The number of piperidine rings is 1. The normalized spacial score (nSPS) is 14.7. The van der Waals surface area contributed by atoms with E-state index in [2.05, 4.69) is 32.1 Å². The molecule has 10 nitrogen and oxygen atoms in total. The lowest BCUT2D eigenvalue weighted by Gasteiger charge is -2.30. The van der Waals surface area contributed by atoms with E-state index in [1.54, 1.807) is 24.3 Å². The van der Waals surface area contributed by atoms with Gasteiger partial charge in [-0.2, -0.15) is 15.0 Å². The molecule has 1 aromatic carbocycles. The molecule has 1 saturated heterocycles. The first-order valence-corrected chi connectivity index (χ1v) is 11.7. The molecule has 0 atom stereocenters. The number of rotatable bonds is 11. The number of hydrogen-bond donors (Lipinski definition) is 2. The van der Waals surface area contributed by atoms with Crippen LogP contribution in [0.3, 0.4) is 0 Å². The first kappa shape index (κ1) is 25.3. The molecule has 2 heterocycles. The van der Waals surface area contributed by atoms with E-state index in [0.717, 1.165) is 25.9 Å². The number of hydrogen-bond acceptors (Lipinski definition) is 9. The van der Waals surface area contributed by atoms with Gasteiger partial charge in [0.1, 0.15) is 24.7 Å². The summed E-state index contributed by atoms with van der Waals surface area (Å²) in [4.78, 5) is 26.8. The Kier molecular flexibility index (Phi) is 8.36. The quantitative estimate of drug-likeness (QED) is 0.468. The number of carboxylic acid groups (broad SMARTS) is 1. The topological polar surface area (TPSA) is 119 Å². The van der Waals surface area contributed by atoms with Gasteiger partial charge < -0.3 is 29.5 Å². The fourth-order valence-electron chi connectivity index (χ4n) is 3.32. The molecule has 34 heavy (non-hydrogen) atoms. The Morgan fingerprint density at radius 1 is 1.09 bits per heavy atom. The Bertz CT molecular complexity index is 943. The van der Waals surface area contributed by atoms with Crippen LogP contribution in [0.2, 0.25) is 0 Å². The summed E-state index contributed by atoms with van der Waals surface area (Å²) in [5.74, 6) is 1.86. The molecule has 0 amide bonds. The Morgan fingerprint density at radius 2 is 1.71 bits per heavy atom. The fourth-order valence-corrected chi connectivity index (χ4v) is 3.32. The van der Waals surface area contributed by atoms with Gasteiger partial charge in [0, 0.05) is 19.1 Å². The average Bonchev–Trinajstić information content (AvgIpc) is 2.77. The Balaban J connectivity index is 1.55. The van der Waals surface area contributed by atoms with Crippen LogP contribution in [-0.2, 0) is 4.79 Å². The summed E-state index contributed by atoms with van der Waals surface area (Å²) in [6.45, 7) is 11.7. The Morgan fingerprint density at radius 3 is 2.32 bits per heavy atom. The molecule has 2 aromatic rings. The van der Waals surface area contributed by atoms with Gasteiger partial charge in [-0.05, 0) is 70.7 Å². The second-order valence-electron chi connectivity index (χ2n) is 9.30. The van der Waals surface area contributed by atoms with Crippen molar-refractivity contribution < 1.29 is 24.1 Å². The molecule has 1 aliphatic rings. The van der Waals surface area contributed by atoms with Gasteiger partial charge in [-0.15, -0.1) is 0 Å². The van der Waals surface area contributed by atoms with Crippen molar-refractivity contribution in [1.82, 2.24) is 15.0 Å². The van der Waals surface area contributed by atoms with Gasteiger partial charge in [0.25, 0.3) is 0 Å². The molecule has 1 fully saturated rings. The first-order valence-electron chi connectivity index (χ1n) is 11.7. The summed E-state index contributed by atoms with van der Waals surface area (Å²) in [5, 5.41) is 12.4. The van der Waals surface area contributed by atoms with Gasteiger partial charge in [0.05, 0.1) is 0 Å². The molecule has 3 rings (SSSR count). The van der Waals surface area contributed by atoms with Crippen LogP contribution in [0.1, 0.15) is 47.5 Å². The summed E-state index contributed by atoms with van der Waals surface area (Å²) in [6.07, 6.45) is 2.22. The minimum atomic E-state index is -1.31. The lowest BCUT2D eigenvalue weighted by Crippen LogP contribution is -2.37. The molecular formula is C24H35N5O5. The van der Waals surface area contributed by atoms with E-state index in [1.807, 2.05) is 13.8 Å². The van der Waals surface area contributed by atoms with Gasteiger partial charge in [-0.25, -0.2) is 4.79 Å². The molecule has 0 spiro atoms. The molecular weight excluding hydrogens is 438 g/mol. The van der Waals surface area contributed by atoms with Crippen molar-refractivity contribution in [3.05, 3.63) is 24.3 Å². The number of carbonyl (C=O) groups is 1. The molecule has 0 bridgehead atoms. The van der Waals surface area contributed by atoms with Crippen LogP contribution in [0.25, 0.3) is 0 Å². The van der Waals surface area contributed by atoms with E-state index in [0.29, 0.717) is 29.3 Å². The zero-order chi connectivity index (χ0) is 24.7. The fraction of sp³-hybridized carbons (Fsp3) is 0.583. The number of aromatic nitrogens is 3. The second kappa shape index (κ2) is 11.2. The van der Waals surface area contributed by atoms with Crippen LogP contribution >= 0.6 is 0 Å². The highest BCUT2D eigenvalue weighted by Crippen LogP contribution is 2.24. The van der Waals surface area contributed by atoms with E-state index in [1.165, 1.54) is 13.8 Å². The molecule has 0 saturated carbocycles. The van der Waals surface area contributed by atoms with Gasteiger partial charge in [0.15, 0.2) is 5.60 Å². The van der Waals surface area contributed by atoms with E-state index >= 15 is 0 Å². The first-order chi connectivity index (χ1) is 16.1. The third-order valence-corrected chi connectivity index (χ3v) is 5.38. The van der Waals surface area contributed by atoms with E-state index in [-0.39, 0.29) is 25.3 Å². The monoisotopic (exact) mass is 473 g/mol. The number of nitrogens with one attached hydrogen (secondary N) is 1. The van der Waals surface area contributed by atoms with Crippen molar-refractivity contribution in [2.75, 3.05) is 36.5 Å². The van der Waals surface area contributed by atoms with Crippen LogP contribution in [0.5, 0.6) is 17.5 Å². The maximum atomic E-state index is 11.2. The zero-order valence-corrected chi connectivity index (χ0v) is 20.6. The van der Waals surface area contributed by atoms with E-state index < -0.39 is 11.6 Å². The average molecular weight is 474 g/mol. The van der Waals surface area contributed by atoms with Crippen LogP contribution in [0.15, 0.2) is 24.3 Å². The number of benzene rings is 1. The molecule has 0 unspecified atom stereocenters. The number of anilines is 2. The Hall–Kier alpha value is -3.30. The zero-order valence-electron chi connectivity index (χ0n) is 20.6.